The van der Waals surface area contributed by atoms with Crippen molar-refractivity contribution in [3.8, 4) is 5.75 Å². The molecule has 0 spiro atoms. The van der Waals surface area contributed by atoms with Gasteiger partial charge in [-0.3, -0.25) is 4.99 Å². The molecule has 0 aromatic heterocycles. The van der Waals surface area contributed by atoms with Crippen LogP contribution in [0.3, 0.4) is 0 Å². The Labute approximate surface area is 181 Å². The Bertz CT molecular complexity index is 531. The third kappa shape index (κ3) is 8.41. The molecule has 6 nitrogen and oxygen atoms in total. The average molecular weight is 542 g/mol. The standard InChI is InChI=1S/C18H28BrN3O3.HI/c1-20-18(21-8-10-25-17-5-3-16(19)4-6-17)22-9-7-15(13-22)14-24-12-11-23-2;/h3-6,15H,7-14H2,1-2H3,(H,20,21);1H. The number of aliphatic imine (C=N–C) groups is 1. The van der Waals surface area contributed by atoms with Crippen LogP contribution in [0, 0.1) is 5.92 Å². The van der Waals surface area contributed by atoms with Crippen molar-refractivity contribution in [3.63, 3.8) is 0 Å². The van der Waals surface area contributed by atoms with Gasteiger partial charge >= 0.3 is 0 Å². The summed E-state index contributed by atoms with van der Waals surface area (Å²) in [6, 6.07) is 7.85. The van der Waals surface area contributed by atoms with Crippen LogP contribution in [-0.4, -0.2) is 71.1 Å². The number of halogens is 2. The van der Waals surface area contributed by atoms with Crippen molar-refractivity contribution < 1.29 is 14.2 Å². The van der Waals surface area contributed by atoms with E-state index in [0.29, 0.717) is 32.3 Å². The molecule has 148 valence electrons. The monoisotopic (exact) mass is 541 g/mol. The normalized spacial score (nSPS) is 17.1. The number of nitrogens with zero attached hydrogens (tertiary/aromatic N) is 2. The third-order valence-corrected chi connectivity index (χ3v) is 4.58. The molecule has 1 fully saturated rings. The Morgan fingerprint density at radius 2 is 2.04 bits per heavy atom. The summed E-state index contributed by atoms with van der Waals surface area (Å²) in [5, 5.41) is 3.37. The van der Waals surface area contributed by atoms with Crippen molar-refractivity contribution >= 4 is 45.9 Å². The number of ether oxygens (including phenoxy) is 3. The third-order valence-electron chi connectivity index (χ3n) is 4.05. The summed E-state index contributed by atoms with van der Waals surface area (Å²) in [5.41, 5.74) is 0. The van der Waals surface area contributed by atoms with Gasteiger partial charge < -0.3 is 24.4 Å². The first-order valence-electron chi connectivity index (χ1n) is 8.63. The lowest BCUT2D eigenvalue weighted by Crippen LogP contribution is -2.41. The molecule has 26 heavy (non-hydrogen) atoms. The quantitative estimate of drug-likeness (QED) is 0.225. The molecule has 0 amide bonds. The summed E-state index contributed by atoms with van der Waals surface area (Å²) in [6.45, 7) is 5.38. The van der Waals surface area contributed by atoms with Gasteiger partial charge in [-0.25, -0.2) is 0 Å². The highest BCUT2D eigenvalue weighted by Crippen LogP contribution is 2.17. The zero-order valence-corrected chi connectivity index (χ0v) is 19.4. The summed E-state index contributed by atoms with van der Waals surface area (Å²) in [5.74, 6) is 2.35. The zero-order chi connectivity index (χ0) is 17.9. The predicted octanol–water partition coefficient (Wildman–Crippen LogP) is 3.01. The molecule has 2 rings (SSSR count). The van der Waals surface area contributed by atoms with Crippen molar-refractivity contribution in [3.05, 3.63) is 28.7 Å². The Morgan fingerprint density at radius 1 is 1.27 bits per heavy atom. The lowest BCUT2D eigenvalue weighted by atomic mass is 10.1. The van der Waals surface area contributed by atoms with Gasteiger partial charge in [0.1, 0.15) is 12.4 Å². The fourth-order valence-corrected chi connectivity index (χ4v) is 3.01. The topological polar surface area (TPSA) is 55.3 Å². The summed E-state index contributed by atoms with van der Waals surface area (Å²) < 4.78 is 17.4. The fraction of sp³-hybridized carbons (Fsp3) is 0.611. The van der Waals surface area contributed by atoms with Crippen molar-refractivity contribution in [2.75, 3.05) is 60.2 Å². The van der Waals surface area contributed by atoms with Crippen LogP contribution in [0.15, 0.2) is 33.7 Å². The molecule has 0 bridgehead atoms. The number of nitrogens with one attached hydrogen (secondary N) is 1. The van der Waals surface area contributed by atoms with Crippen molar-refractivity contribution in [2.24, 2.45) is 10.9 Å². The first-order chi connectivity index (χ1) is 12.2. The second-order valence-corrected chi connectivity index (χ2v) is 6.86. The first kappa shape index (κ1) is 23.5. The van der Waals surface area contributed by atoms with E-state index in [1.165, 1.54) is 0 Å². The van der Waals surface area contributed by atoms with Gasteiger partial charge in [0.05, 0.1) is 26.4 Å². The number of guanidine groups is 1. The molecule has 1 aromatic carbocycles. The second-order valence-electron chi connectivity index (χ2n) is 5.94. The molecule has 1 aromatic rings. The number of hydrogen-bond donors (Lipinski definition) is 1. The molecular formula is C18H29BrIN3O3. The minimum absolute atomic E-state index is 0. The SMILES string of the molecule is CN=C(NCCOc1ccc(Br)cc1)N1CCC(COCCOC)C1.I. The van der Waals surface area contributed by atoms with Gasteiger partial charge in [0.15, 0.2) is 5.96 Å². The van der Waals surface area contributed by atoms with E-state index in [4.69, 9.17) is 14.2 Å². The second kappa shape index (κ2) is 13.6. The summed E-state index contributed by atoms with van der Waals surface area (Å²) in [7, 11) is 3.51. The van der Waals surface area contributed by atoms with E-state index in [-0.39, 0.29) is 24.0 Å². The summed E-state index contributed by atoms with van der Waals surface area (Å²) in [6.07, 6.45) is 1.13. The van der Waals surface area contributed by atoms with Crippen molar-refractivity contribution in [2.45, 2.75) is 6.42 Å². The predicted molar refractivity (Wildman–Crippen MR) is 119 cm³/mol. The van der Waals surface area contributed by atoms with Crippen LogP contribution in [0.4, 0.5) is 0 Å². The Balaban J connectivity index is 0.00000338. The maximum atomic E-state index is 5.73. The van der Waals surface area contributed by atoms with Crippen LogP contribution in [0.2, 0.25) is 0 Å². The van der Waals surface area contributed by atoms with Crippen LogP contribution in [0.5, 0.6) is 5.75 Å². The molecule has 8 heteroatoms. The molecule has 1 heterocycles. The molecule has 1 unspecified atom stereocenters. The van der Waals surface area contributed by atoms with Crippen LogP contribution in [0.1, 0.15) is 6.42 Å². The van der Waals surface area contributed by atoms with E-state index in [1.807, 2.05) is 31.3 Å². The number of likely N-dealkylation sites (tertiary alicyclic amines) is 1. The van der Waals surface area contributed by atoms with Gasteiger partial charge in [-0.1, -0.05) is 15.9 Å². The van der Waals surface area contributed by atoms with E-state index in [2.05, 4.69) is 31.1 Å². The lowest BCUT2D eigenvalue weighted by Gasteiger charge is -2.21. The molecular weight excluding hydrogens is 513 g/mol. The minimum atomic E-state index is 0. The highest BCUT2D eigenvalue weighted by atomic mass is 127. The average Bonchev–Trinajstić information content (AvgIpc) is 3.09. The van der Waals surface area contributed by atoms with Gasteiger partial charge in [0.25, 0.3) is 0 Å². The molecule has 0 radical (unpaired) electrons. The molecule has 1 saturated heterocycles. The Morgan fingerprint density at radius 3 is 2.73 bits per heavy atom. The van der Waals surface area contributed by atoms with Crippen LogP contribution >= 0.6 is 39.9 Å². The Hall–Kier alpha value is -0.580. The van der Waals surface area contributed by atoms with E-state index in [9.17, 15) is 0 Å². The van der Waals surface area contributed by atoms with Crippen molar-refractivity contribution in [1.82, 2.24) is 10.2 Å². The first-order valence-corrected chi connectivity index (χ1v) is 9.43. The van der Waals surface area contributed by atoms with Crippen molar-refractivity contribution in [1.29, 1.82) is 0 Å². The van der Waals surface area contributed by atoms with E-state index in [1.54, 1.807) is 7.11 Å². The fourth-order valence-electron chi connectivity index (χ4n) is 2.75. The lowest BCUT2D eigenvalue weighted by molar-refractivity contribution is 0.0536. The van der Waals surface area contributed by atoms with Crippen LogP contribution in [-0.2, 0) is 9.47 Å². The molecule has 0 saturated carbocycles. The molecule has 1 aliphatic rings. The number of methoxy groups -OCH3 is 1. The highest BCUT2D eigenvalue weighted by Gasteiger charge is 2.24. The number of hydrogen-bond acceptors (Lipinski definition) is 4. The van der Waals surface area contributed by atoms with Gasteiger partial charge in [0, 0.05) is 37.6 Å². The van der Waals surface area contributed by atoms with E-state index >= 15 is 0 Å². The maximum absolute atomic E-state index is 5.73. The highest BCUT2D eigenvalue weighted by molar-refractivity contribution is 14.0. The van der Waals surface area contributed by atoms with Gasteiger partial charge in [0.2, 0.25) is 0 Å². The largest absolute Gasteiger partial charge is 0.492 e. The zero-order valence-electron chi connectivity index (χ0n) is 15.4. The van der Waals surface area contributed by atoms with Crippen LogP contribution < -0.4 is 10.1 Å². The maximum Gasteiger partial charge on any atom is 0.193 e. The van der Waals surface area contributed by atoms with E-state index < -0.39 is 0 Å². The molecule has 1 aliphatic heterocycles. The summed E-state index contributed by atoms with van der Waals surface area (Å²) >= 11 is 3.42. The van der Waals surface area contributed by atoms with Gasteiger partial charge in [-0.05, 0) is 30.7 Å². The van der Waals surface area contributed by atoms with E-state index in [0.717, 1.165) is 42.3 Å². The number of rotatable bonds is 9. The van der Waals surface area contributed by atoms with Gasteiger partial charge in [-0.15, -0.1) is 24.0 Å². The number of benzene rings is 1. The summed E-state index contributed by atoms with van der Waals surface area (Å²) in [4.78, 5) is 6.66. The Kier molecular flexibility index (Phi) is 12.2. The van der Waals surface area contributed by atoms with Gasteiger partial charge in [-0.2, -0.15) is 0 Å². The van der Waals surface area contributed by atoms with Crippen LogP contribution in [0.25, 0.3) is 0 Å². The smallest absolute Gasteiger partial charge is 0.193 e. The molecule has 1 N–H and O–H groups in total. The minimum Gasteiger partial charge on any atom is -0.492 e. The molecule has 0 aliphatic carbocycles. The molecule has 1 atom stereocenters.